The number of amides is 1. The van der Waals surface area contributed by atoms with E-state index < -0.39 is 12.5 Å². The van der Waals surface area contributed by atoms with E-state index in [2.05, 4.69) is 35.8 Å². The molecule has 0 saturated carbocycles. The van der Waals surface area contributed by atoms with Crippen LogP contribution in [0, 0.1) is 6.92 Å². The van der Waals surface area contributed by atoms with Crippen molar-refractivity contribution in [3.05, 3.63) is 34.1 Å². The monoisotopic (exact) mass is 432 g/mol. The summed E-state index contributed by atoms with van der Waals surface area (Å²) in [6, 6.07) is 5.14. The van der Waals surface area contributed by atoms with E-state index in [9.17, 15) is 18.0 Å². The quantitative estimate of drug-likeness (QED) is 0.802. The highest BCUT2D eigenvalue weighted by Crippen LogP contribution is 2.28. The first kappa shape index (κ1) is 18.8. The average Bonchev–Trinajstić information content (AvgIpc) is 3.00. The Bertz CT molecular complexity index is 801. The van der Waals surface area contributed by atoms with Crippen molar-refractivity contribution in [3.63, 3.8) is 0 Å². The van der Waals surface area contributed by atoms with Gasteiger partial charge in [0.1, 0.15) is 5.82 Å². The normalized spacial score (nSPS) is 16.1. The highest BCUT2D eigenvalue weighted by molar-refractivity contribution is 9.10. The van der Waals surface area contributed by atoms with Gasteiger partial charge in [-0.05, 0) is 47.8 Å². The summed E-state index contributed by atoms with van der Waals surface area (Å²) in [5, 5.41) is 6.82. The first-order valence-corrected chi connectivity index (χ1v) is 8.75. The minimum Gasteiger partial charge on any atom is -0.338 e. The lowest BCUT2D eigenvalue weighted by atomic mass is 10.1. The van der Waals surface area contributed by atoms with Gasteiger partial charge in [-0.3, -0.25) is 14.6 Å². The van der Waals surface area contributed by atoms with Gasteiger partial charge < -0.3 is 4.90 Å². The summed E-state index contributed by atoms with van der Waals surface area (Å²) in [5.41, 5.74) is 1.19. The molecule has 2 heterocycles. The summed E-state index contributed by atoms with van der Waals surface area (Å²) in [6.07, 6.45) is -5.25. The molecule has 0 aliphatic carbocycles. The zero-order valence-corrected chi connectivity index (χ0v) is 15.4. The third-order valence-corrected chi connectivity index (χ3v) is 4.74. The maximum absolute atomic E-state index is 12.7. The molecule has 0 unspecified atom stereocenters. The third kappa shape index (κ3) is 4.42. The van der Waals surface area contributed by atoms with E-state index in [1.165, 1.54) is 4.90 Å². The number of hydrogen-bond donors (Lipinski definition) is 1. The molecule has 1 aliphatic rings. The van der Waals surface area contributed by atoms with Crippen LogP contribution in [0.25, 0.3) is 11.4 Å². The number of ether oxygens (including phenoxy) is 1. The molecule has 6 nitrogen and oxygen atoms in total. The Morgan fingerprint density at radius 2 is 2.04 bits per heavy atom. The number of nitrogens with one attached hydrogen (secondary N) is 1. The molecule has 3 rings (SSSR count). The van der Waals surface area contributed by atoms with Crippen molar-refractivity contribution in [2.24, 2.45) is 0 Å². The van der Waals surface area contributed by atoms with E-state index in [-0.39, 0.29) is 31.8 Å². The van der Waals surface area contributed by atoms with Gasteiger partial charge in [0.05, 0.1) is 11.7 Å². The van der Waals surface area contributed by atoms with Crippen LogP contribution in [0.15, 0.2) is 22.7 Å². The lowest BCUT2D eigenvalue weighted by Gasteiger charge is -2.32. The van der Waals surface area contributed by atoms with Crippen molar-refractivity contribution in [3.8, 4) is 11.4 Å². The fraction of sp³-hybridized carbons (Fsp3) is 0.438. The van der Waals surface area contributed by atoms with E-state index in [4.69, 9.17) is 0 Å². The molecule has 1 saturated heterocycles. The van der Waals surface area contributed by atoms with Gasteiger partial charge in [0.15, 0.2) is 5.82 Å². The largest absolute Gasteiger partial charge is 0.522 e. The van der Waals surface area contributed by atoms with E-state index in [0.717, 1.165) is 5.56 Å². The molecular formula is C16H16BrF3N4O2. The van der Waals surface area contributed by atoms with E-state index >= 15 is 0 Å². The maximum Gasteiger partial charge on any atom is 0.522 e. The van der Waals surface area contributed by atoms with E-state index in [1.54, 1.807) is 25.1 Å². The Kier molecular flexibility index (Phi) is 5.33. The standard InChI is InChI=1S/C16H16BrF3N4O2/c1-9-21-14(23-22-9)10-2-3-12(13(17)8-10)15(25)24-6-4-11(5-7-24)26-16(18,19)20/h2-3,8,11H,4-7H2,1H3,(H,21,22,23). The number of H-pyrrole nitrogens is 1. The number of nitrogens with zero attached hydrogens (tertiary/aromatic N) is 3. The van der Waals surface area contributed by atoms with E-state index in [0.29, 0.717) is 21.7 Å². The predicted octanol–water partition coefficient (Wildman–Crippen LogP) is 3.68. The van der Waals surface area contributed by atoms with Crippen LogP contribution in [0.2, 0.25) is 0 Å². The fourth-order valence-corrected chi connectivity index (χ4v) is 3.38. The second-order valence-corrected chi connectivity index (χ2v) is 6.85. The summed E-state index contributed by atoms with van der Waals surface area (Å²) in [5.74, 6) is 0.965. The molecule has 1 amide bonds. The minimum atomic E-state index is -4.64. The molecule has 0 radical (unpaired) electrons. The number of carbonyl (C=O) groups is 1. The number of halogens is 4. The predicted molar refractivity (Wildman–Crippen MR) is 90.3 cm³/mol. The van der Waals surface area contributed by atoms with Gasteiger partial charge in [-0.2, -0.15) is 5.10 Å². The van der Waals surface area contributed by atoms with Crippen LogP contribution in [-0.4, -0.2) is 51.5 Å². The zero-order chi connectivity index (χ0) is 18.9. The third-order valence-electron chi connectivity index (χ3n) is 4.08. The zero-order valence-electron chi connectivity index (χ0n) is 13.8. The Hall–Kier alpha value is -1.94. The smallest absolute Gasteiger partial charge is 0.338 e. The summed E-state index contributed by atoms with van der Waals surface area (Å²) in [7, 11) is 0. The molecule has 140 valence electrons. The fourth-order valence-electron chi connectivity index (χ4n) is 2.84. The summed E-state index contributed by atoms with van der Waals surface area (Å²) in [4.78, 5) is 18.4. The van der Waals surface area contributed by atoms with Crippen LogP contribution in [0.3, 0.4) is 0 Å². The summed E-state index contributed by atoms with van der Waals surface area (Å²) < 4.78 is 41.4. The molecule has 1 N–H and O–H groups in total. The first-order chi connectivity index (χ1) is 12.2. The molecule has 10 heteroatoms. The summed E-state index contributed by atoms with van der Waals surface area (Å²) >= 11 is 3.38. The van der Waals surface area contributed by atoms with Crippen LogP contribution in [0.1, 0.15) is 29.0 Å². The second kappa shape index (κ2) is 7.36. The Balaban J connectivity index is 1.67. The van der Waals surface area contributed by atoms with Crippen LogP contribution in [-0.2, 0) is 4.74 Å². The van der Waals surface area contributed by atoms with Gasteiger partial charge in [-0.25, -0.2) is 4.98 Å². The number of piperidine rings is 1. The van der Waals surface area contributed by atoms with Crippen molar-refractivity contribution < 1.29 is 22.7 Å². The van der Waals surface area contributed by atoms with Gasteiger partial charge in [-0.15, -0.1) is 13.2 Å². The number of rotatable bonds is 3. The molecule has 26 heavy (non-hydrogen) atoms. The summed E-state index contributed by atoms with van der Waals surface area (Å²) in [6.45, 7) is 2.22. The molecule has 0 spiro atoms. The SMILES string of the molecule is Cc1nc(-c2ccc(C(=O)N3CCC(OC(F)(F)F)CC3)c(Br)c2)n[nH]1. The number of aryl methyl sites for hydroxylation is 1. The highest BCUT2D eigenvalue weighted by Gasteiger charge is 2.35. The molecule has 0 atom stereocenters. The number of carbonyl (C=O) groups excluding carboxylic acids is 1. The Morgan fingerprint density at radius 1 is 1.35 bits per heavy atom. The molecule has 1 aromatic heterocycles. The van der Waals surface area contributed by atoms with Gasteiger partial charge in [-0.1, -0.05) is 6.07 Å². The molecule has 1 fully saturated rings. The molecule has 1 aliphatic heterocycles. The number of likely N-dealkylation sites (tertiary alicyclic amines) is 1. The van der Waals surface area contributed by atoms with Gasteiger partial charge in [0.2, 0.25) is 0 Å². The van der Waals surface area contributed by atoms with Crippen LogP contribution >= 0.6 is 15.9 Å². The minimum absolute atomic E-state index is 0.150. The van der Waals surface area contributed by atoms with Gasteiger partial charge in [0.25, 0.3) is 5.91 Å². The Labute approximate surface area is 155 Å². The van der Waals surface area contributed by atoms with Crippen LogP contribution in [0.4, 0.5) is 13.2 Å². The first-order valence-electron chi connectivity index (χ1n) is 7.95. The molecule has 1 aromatic carbocycles. The van der Waals surface area contributed by atoms with Gasteiger partial charge >= 0.3 is 6.36 Å². The average molecular weight is 433 g/mol. The van der Waals surface area contributed by atoms with Crippen molar-refractivity contribution in [1.82, 2.24) is 20.1 Å². The van der Waals surface area contributed by atoms with Crippen molar-refractivity contribution in [2.45, 2.75) is 32.2 Å². The highest BCUT2D eigenvalue weighted by atomic mass is 79.9. The van der Waals surface area contributed by atoms with Crippen LogP contribution < -0.4 is 0 Å². The number of benzene rings is 1. The number of aromatic amines is 1. The molecule has 2 aromatic rings. The van der Waals surface area contributed by atoms with Crippen molar-refractivity contribution in [1.29, 1.82) is 0 Å². The molecular weight excluding hydrogens is 417 g/mol. The molecule has 0 bridgehead atoms. The Morgan fingerprint density at radius 3 is 2.58 bits per heavy atom. The van der Waals surface area contributed by atoms with Crippen molar-refractivity contribution in [2.75, 3.05) is 13.1 Å². The number of aromatic nitrogens is 3. The number of alkyl halides is 3. The van der Waals surface area contributed by atoms with E-state index in [1.807, 2.05) is 0 Å². The topological polar surface area (TPSA) is 71.1 Å². The van der Waals surface area contributed by atoms with Crippen LogP contribution in [0.5, 0.6) is 0 Å². The van der Waals surface area contributed by atoms with Crippen molar-refractivity contribution >= 4 is 21.8 Å². The lowest BCUT2D eigenvalue weighted by molar-refractivity contribution is -0.345. The maximum atomic E-state index is 12.7. The second-order valence-electron chi connectivity index (χ2n) is 5.99. The van der Waals surface area contributed by atoms with Gasteiger partial charge in [0, 0.05) is 23.1 Å². The lowest BCUT2D eigenvalue weighted by Crippen LogP contribution is -2.42. The number of hydrogen-bond acceptors (Lipinski definition) is 4.